The van der Waals surface area contributed by atoms with Gasteiger partial charge >= 0.3 is 0 Å². The SMILES string of the molecule is Clc1cccc(Cl)c1-c1cnn(C2CC2)c1C=CC1CCNCC1. The molecule has 0 radical (unpaired) electrons. The van der Waals surface area contributed by atoms with Gasteiger partial charge in [-0.1, -0.05) is 35.3 Å². The fraction of sp³-hybridized carbons (Fsp3) is 0.421. The molecule has 1 aliphatic carbocycles. The van der Waals surface area contributed by atoms with Crippen LogP contribution in [-0.2, 0) is 0 Å². The van der Waals surface area contributed by atoms with Crippen LogP contribution in [0.15, 0.2) is 30.5 Å². The Kier molecular flexibility index (Phi) is 4.66. The number of benzene rings is 1. The van der Waals surface area contributed by atoms with Crippen LogP contribution in [0.5, 0.6) is 0 Å². The smallest absolute Gasteiger partial charge is 0.0689 e. The van der Waals surface area contributed by atoms with Crippen molar-refractivity contribution in [3.63, 3.8) is 0 Å². The van der Waals surface area contributed by atoms with E-state index in [1.54, 1.807) is 0 Å². The van der Waals surface area contributed by atoms with Crippen LogP contribution in [0, 0.1) is 5.92 Å². The Morgan fingerprint density at radius 1 is 1.08 bits per heavy atom. The lowest BCUT2D eigenvalue weighted by Crippen LogP contribution is -2.26. The number of nitrogens with zero attached hydrogens (tertiary/aromatic N) is 2. The number of nitrogens with one attached hydrogen (secondary N) is 1. The van der Waals surface area contributed by atoms with Gasteiger partial charge in [0.2, 0.25) is 0 Å². The molecule has 24 heavy (non-hydrogen) atoms. The highest BCUT2D eigenvalue weighted by molar-refractivity contribution is 6.39. The number of aromatic nitrogens is 2. The second kappa shape index (κ2) is 6.91. The number of rotatable bonds is 4. The van der Waals surface area contributed by atoms with E-state index in [-0.39, 0.29) is 0 Å². The van der Waals surface area contributed by atoms with Crippen LogP contribution in [0.3, 0.4) is 0 Å². The van der Waals surface area contributed by atoms with E-state index in [0.717, 1.165) is 29.9 Å². The summed E-state index contributed by atoms with van der Waals surface area (Å²) in [6, 6.07) is 6.17. The van der Waals surface area contributed by atoms with Gasteiger partial charge < -0.3 is 5.32 Å². The lowest BCUT2D eigenvalue weighted by atomic mass is 9.96. The Balaban J connectivity index is 1.73. The number of hydrogen-bond acceptors (Lipinski definition) is 2. The van der Waals surface area contributed by atoms with E-state index in [2.05, 4.69) is 27.2 Å². The minimum atomic E-state index is 0.521. The van der Waals surface area contributed by atoms with Crippen molar-refractivity contribution >= 4 is 29.3 Å². The second-order valence-electron chi connectivity index (χ2n) is 6.66. The minimum absolute atomic E-state index is 0.521. The van der Waals surface area contributed by atoms with Gasteiger partial charge in [-0.3, -0.25) is 4.68 Å². The van der Waals surface area contributed by atoms with E-state index < -0.39 is 0 Å². The first-order valence-corrected chi connectivity index (χ1v) is 9.40. The highest BCUT2D eigenvalue weighted by Gasteiger charge is 2.28. The van der Waals surface area contributed by atoms with Crippen LogP contribution < -0.4 is 5.32 Å². The van der Waals surface area contributed by atoms with E-state index in [0.29, 0.717) is 22.0 Å². The zero-order valence-electron chi connectivity index (χ0n) is 13.5. The molecule has 5 heteroatoms. The van der Waals surface area contributed by atoms with Gasteiger partial charge in [-0.15, -0.1) is 0 Å². The summed E-state index contributed by atoms with van der Waals surface area (Å²) >= 11 is 12.9. The Labute approximate surface area is 152 Å². The highest BCUT2D eigenvalue weighted by atomic mass is 35.5. The van der Waals surface area contributed by atoms with Crippen molar-refractivity contribution in [2.45, 2.75) is 31.7 Å². The van der Waals surface area contributed by atoms with Crippen molar-refractivity contribution in [1.29, 1.82) is 0 Å². The molecular weight excluding hydrogens is 341 g/mol. The summed E-state index contributed by atoms with van der Waals surface area (Å²) in [6.07, 6.45) is 11.3. The van der Waals surface area contributed by atoms with Gasteiger partial charge in [0.1, 0.15) is 0 Å². The first kappa shape index (κ1) is 16.2. The second-order valence-corrected chi connectivity index (χ2v) is 7.48. The van der Waals surface area contributed by atoms with Crippen LogP contribution >= 0.6 is 23.2 Å². The lowest BCUT2D eigenvalue weighted by Gasteiger charge is -2.19. The minimum Gasteiger partial charge on any atom is -0.317 e. The van der Waals surface area contributed by atoms with E-state index in [9.17, 15) is 0 Å². The molecule has 1 aromatic heterocycles. The van der Waals surface area contributed by atoms with Gasteiger partial charge in [0.15, 0.2) is 0 Å². The van der Waals surface area contributed by atoms with Gasteiger partial charge in [-0.25, -0.2) is 0 Å². The van der Waals surface area contributed by atoms with Gasteiger partial charge in [0.25, 0.3) is 0 Å². The van der Waals surface area contributed by atoms with Gasteiger partial charge in [-0.2, -0.15) is 5.10 Å². The Morgan fingerprint density at radius 3 is 2.46 bits per heavy atom. The standard InChI is InChI=1S/C19H21Cl2N3/c20-16-2-1-3-17(21)19(16)15-12-23-24(14-5-6-14)18(15)7-4-13-8-10-22-11-9-13/h1-4,7,12-14,22H,5-6,8-11H2. The third kappa shape index (κ3) is 3.26. The molecular formula is C19H21Cl2N3. The summed E-state index contributed by atoms with van der Waals surface area (Å²) < 4.78 is 2.15. The fourth-order valence-corrected chi connectivity index (χ4v) is 3.96. The lowest BCUT2D eigenvalue weighted by molar-refractivity contribution is 0.437. The molecule has 0 unspecified atom stereocenters. The normalized spacial score (nSPS) is 19.2. The summed E-state index contributed by atoms with van der Waals surface area (Å²) in [7, 11) is 0. The van der Waals surface area contributed by atoms with Crippen molar-refractivity contribution in [2.75, 3.05) is 13.1 Å². The summed E-state index contributed by atoms with van der Waals surface area (Å²) in [5, 5.41) is 9.40. The number of hydrogen-bond donors (Lipinski definition) is 1. The fourth-order valence-electron chi connectivity index (χ4n) is 3.36. The Hall–Kier alpha value is -1.29. The molecule has 2 heterocycles. The number of piperidine rings is 1. The van der Waals surface area contributed by atoms with E-state index >= 15 is 0 Å². The molecule has 1 aliphatic heterocycles. The Morgan fingerprint density at radius 2 is 1.79 bits per heavy atom. The molecule has 0 spiro atoms. The van der Waals surface area contributed by atoms with Gasteiger partial charge in [0, 0.05) is 11.1 Å². The summed E-state index contributed by atoms with van der Waals surface area (Å²) in [5.74, 6) is 0.628. The monoisotopic (exact) mass is 361 g/mol. The van der Waals surface area contributed by atoms with Crippen molar-refractivity contribution in [3.8, 4) is 11.1 Å². The molecule has 2 aromatic rings. The molecule has 1 saturated carbocycles. The number of halogens is 2. The summed E-state index contributed by atoms with van der Waals surface area (Å²) in [4.78, 5) is 0. The quantitative estimate of drug-likeness (QED) is 0.810. The molecule has 0 amide bonds. The number of allylic oxidation sites excluding steroid dienone is 1. The van der Waals surface area contributed by atoms with Crippen LogP contribution in [0.2, 0.25) is 10.0 Å². The third-order valence-electron chi connectivity index (χ3n) is 4.87. The maximum Gasteiger partial charge on any atom is 0.0689 e. The molecule has 0 bridgehead atoms. The molecule has 2 fully saturated rings. The molecule has 1 saturated heterocycles. The molecule has 0 atom stereocenters. The Bertz CT molecular complexity index is 736. The van der Waals surface area contributed by atoms with E-state index in [1.165, 1.54) is 25.7 Å². The van der Waals surface area contributed by atoms with Crippen LogP contribution in [0.4, 0.5) is 0 Å². The highest BCUT2D eigenvalue weighted by Crippen LogP contribution is 2.41. The molecule has 126 valence electrons. The predicted octanol–water partition coefficient (Wildman–Crippen LogP) is 5.20. The van der Waals surface area contributed by atoms with E-state index in [4.69, 9.17) is 23.2 Å². The summed E-state index contributed by atoms with van der Waals surface area (Å²) in [5.41, 5.74) is 3.05. The van der Waals surface area contributed by atoms with Gasteiger partial charge in [0.05, 0.1) is 28.0 Å². The predicted molar refractivity (Wildman–Crippen MR) is 101 cm³/mol. The van der Waals surface area contributed by atoms with Crippen LogP contribution in [0.1, 0.15) is 37.4 Å². The zero-order chi connectivity index (χ0) is 16.5. The van der Waals surface area contributed by atoms with Crippen molar-refractivity contribution in [1.82, 2.24) is 15.1 Å². The summed E-state index contributed by atoms with van der Waals surface area (Å²) in [6.45, 7) is 2.19. The molecule has 1 N–H and O–H groups in total. The van der Waals surface area contributed by atoms with Crippen molar-refractivity contribution in [3.05, 3.63) is 46.2 Å². The van der Waals surface area contributed by atoms with Crippen molar-refractivity contribution < 1.29 is 0 Å². The first-order chi connectivity index (χ1) is 11.7. The molecule has 3 nitrogen and oxygen atoms in total. The molecule has 2 aliphatic rings. The van der Waals surface area contributed by atoms with Gasteiger partial charge in [-0.05, 0) is 62.9 Å². The molecule has 1 aromatic carbocycles. The van der Waals surface area contributed by atoms with Crippen LogP contribution in [-0.4, -0.2) is 22.9 Å². The first-order valence-electron chi connectivity index (χ1n) is 8.65. The molecule has 4 rings (SSSR count). The van der Waals surface area contributed by atoms with Crippen molar-refractivity contribution in [2.24, 2.45) is 5.92 Å². The topological polar surface area (TPSA) is 29.9 Å². The van der Waals surface area contributed by atoms with Crippen LogP contribution in [0.25, 0.3) is 17.2 Å². The zero-order valence-corrected chi connectivity index (χ0v) is 15.0. The average Bonchev–Trinajstić information content (AvgIpc) is 3.35. The third-order valence-corrected chi connectivity index (χ3v) is 5.50. The van der Waals surface area contributed by atoms with E-state index in [1.807, 2.05) is 24.4 Å². The largest absolute Gasteiger partial charge is 0.317 e. The maximum absolute atomic E-state index is 6.44. The average molecular weight is 362 g/mol. The maximum atomic E-state index is 6.44.